The summed E-state index contributed by atoms with van der Waals surface area (Å²) in [5.41, 5.74) is 3.10. The van der Waals surface area contributed by atoms with E-state index in [0.29, 0.717) is 6.42 Å². The van der Waals surface area contributed by atoms with Crippen molar-refractivity contribution in [2.45, 2.75) is 32.2 Å². The van der Waals surface area contributed by atoms with Crippen molar-refractivity contribution in [3.8, 4) is 11.5 Å². The minimum absolute atomic E-state index is 0.511. The maximum absolute atomic E-state index is 9.34. The smallest absolute Gasteiger partial charge is 0.129 e. The van der Waals surface area contributed by atoms with Gasteiger partial charge in [-0.2, -0.15) is 0 Å². The molecule has 0 heterocycles. The molecule has 0 aromatic rings. The SMILES string of the molecule is C=C(Br)CC(O)C#C[Si](C)(C)C. The van der Waals surface area contributed by atoms with E-state index >= 15 is 0 Å². The van der Waals surface area contributed by atoms with Crippen LogP contribution in [-0.4, -0.2) is 19.3 Å². The van der Waals surface area contributed by atoms with Crippen molar-refractivity contribution in [2.75, 3.05) is 0 Å². The summed E-state index contributed by atoms with van der Waals surface area (Å²) in [5, 5.41) is 9.34. The first-order chi connectivity index (χ1) is 5.31. The lowest BCUT2D eigenvalue weighted by atomic mass is 10.3. The van der Waals surface area contributed by atoms with Crippen LogP contribution in [0.3, 0.4) is 0 Å². The van der Waals surface area contributed by atoms with Gasteiger partial charge >= 0.3 is 0 Å². The van der Waals surface area contributed by atoms with Gasteiger partial charge in [0.1, 0.15) is 14.2 Å². The monoisotopic (exact) mass is 246 g/mol. The molecule has 0 aliphatic carbocycles. The van der Waals surface area contributed by atoms with Gasteiger partial charge in [0.15, 0.2) is 0 Å². The molecule has 1 unspecified atom stereocenters. The minimum atomic E-state index is -1.34. The quantitative estimate of drug-likeness (QED) is 0.587. The summed E-state index contributed by atoms with van der Waals surface area (Å²) in [7, 11) is -1.34. The van der Waals surface area contributed by atoms with E-state index in [0.717, 1.165) is 4.48 Å². The second-order valence-electron chi connectivity index (χ2n) is 3.76. The zero-order valence-electron chi connectivity index (χ0n) is 7.82. The number of halogens is 1. The van der Waals surface area contributed by atoms with Gasteiger partial charge in [0.2, 0.25) is 0 Å². The lowest BCUT2D eigenvalue weighted by molar-refractivity contribution is 0.236. The molecule has 0 aromatic heterocycles. The highest BCUT2D eigenvalue weighted by atomic mass is 79.9. The number of aliphatic hydroxyl groups excluding tert-OH is 1. The van der Waals surface area contributed by atoms with Crippen LogP contribution in [0, 0.1) is 11.5 Å². The number of hydrogen-bond acceptors (Lipinski definition) is 1. The van der Waals surface area contributed by atoms with Crippen molar-refractivity contribution in [3.63, 3.8) is 0 Å². The second-order valence-corrected chi connectivity index (χ2v) is 9.63. The second kappa shape index (κ2) is 4.86. The molecule has 12 heavy (non-hydrogen) atoms. The van der Waals surface area contributed by atoms with Gasteiger partial charge in [0, 0.05) is 6.42 Å². The molecule has 0 bridgehead atoms. The molecule has 0 rings (SSSR count). The summed E-state index contributed by atoms with van der Waals surface area (Å²) in [6.07, 6.45) is -0.0547. The molecule has 0 aromatic carbocycles. The average molecular weight is 247 g/mol. The third kappa shape index (κ3) is 8.06. The summed E-state index contributed by atoms with van der Waals surface area (Å²) in [4.78, 5) is 0. The Labute approximate surface area is 84.0 Å². The Morgan fingerprint density at radius 3 is 2.42 bits per heavy atom. The van der Waals surface area contributed by atoms with Crippen LogP contribution in [0.15, 0.2) is 11.1 Å². The fourth-order valence-corrected chi connectivity index (χ4v) is 1.47. The lowest BCUT2D eigenvalue weighted by Gasteiger charge is -2.05. The van der Waals surface area contributed by atoms with Crippen LogP contribution in [0.25, 0.3) is 0 Å². The van der Waals surface area contributed by atoms with Gasteiger partial charge in [0.05, 0.1) is 0 Å². The summed E-state index contributed by atoms with van der Waals surface area (Å²) in [6.45, 7) is 10.1. The Morgan fingerprint density at radius 1 is 1.58 bits per heavy atom. The van der Waals surface area contributed by atoms with Crippen LogP contribution in [0.5, 0.6) is 0 Å². The molecule has 68 valence electrons. The summed E-state index contributed by atoms with van der Waals surface area (Å²) in [6, 6.07) is 0. The van der Waals surface area contributed by atoms with E-state index < -0.39 is 14.2 Å². The van der Waals surface area contributed by atoms with E-state index in [1.54, 1.807) is 0 Å². The van der Waals surface area contributed by atoms with Crippen molar-refractivity contribution >= 4 is 24.0 Å². The first kappa shape index (κ1) is 12.0. The molecule has 1 N–H and O–H groups in total. The Kier molecular flexibility index (Phi) is 4.84. The molecule has 3 heteroatoms. The highest BCUT2D eigenvalue weighted by Gasteiger charge is 2.08. The van der Waals surface area contributed by atoms with E-state index in [2.05, 4.69) is 53.6 Å². The topological polar surface area (TPSA) is 20.2 Å². The standard InChI is InChI=1S/C9H15BrOSi/c1-8(10)7-9(11)5-6-12(2,3)4/h9,11H,1,7H2,2-4H3. The lowest BCUT2D eigenvalue weighted by Crippen LogP contribution is -2.17. The highest BCUT2D eigenvalue weighted by molar-refractivity contribution is 9.11. The van der Waals surface area contributed by atoms with Gasteiger partial charge in [0.25, 0.3) is 0 Å². The van der Waals surface area contributed by atoms with E-state index in [-0.39, 0.29) is 0 Å². The third-order valence-corrected chi connectivity index (χ3v) is 2.25. The van der Waals surface area contributed by atoms with E-state index in [1.807, 2.05) is 0 Å². The van der Waals surface area contributed by atoms with Crippen molar-refractivity contribution in [1.29, 1.82) is 0 Å². The molecule has 0 amide bonds. The average Bonchev–Trinajstić information content (AvgIpc) is 1.80. The first-order valence-corrected chi connectivity index (χ1v) is 8.14. The molecule has 0 saturated carbocycles. The van der Waals surface area contributed by atoms with Crippen LogP contribution >= 0.6 is 15.9 Å². The molecule has 1 nitrogen and oxygen atoms in total. The van der Waals surface area contributed by atoms with E-state index in [9.17, 15) is 5.11 Å². The first-order valence-electron chi connectivity index (χ1n) is 3.85. The molecular formula is C9H15BrOSi. The van der Waals surface area contributed by atoms with Gasteiger partial charge in [-0.15, -0.1) is 5.54 Å². The third-order valence-electron chi connectivity index (χ3n) is 1.03. The van der Waals surface area contributed by atoms with Gasteiger partial charge in [-0.1, -0.05) is 48.1 Å². The van der Waals surface area contributed by atoms with Gasteiger partial charge in [-0.25, -0.2) is 0 Å². The molecule has 0 radical (unpaired) electrons. The Balaban J connectivity index is 4.04. The van der Waals surface area contributed by atoms with Crippen LogP contribution in [0.1, 0.15) is 6.42 Å². The molecule has 1 atom stereocenters. The van der Waals surface area contributed by atoms with Crippen LogP contribution < -0.4 is 0 Å². The molecule has 0 aliphatic rings. The summed E-state index contributed by atoms with van der Waals surface area (Å²) in [5.74, 6) is 2.83. The highest BCUT2D eigenvalue weighted by Crippen LogP contribution is 2.09. The fourth-order valence-electron chi connectivity index (χ4n) is 0.561. The maximum Gasteiger partial charge on any atom is 0.129 e. The Bertz CT molecular complexity index is 219. The Morgan fingerprint density at radius 2 is 2.08 bits per heavy atom. The molecule has 0 saturated heterocycles. The zero-order chi connectivity index (χ0) is 9.78. The zero-order valence-corrected chi connectivity index (χ0v) is 10.4. The predicted octanol–water partition coefficient (Wildman–Crippen LogP) is 2.53. The van der Waals surface area contributed by atoms with Crippen molar-refractivity contribution in [3.05, 3.63) is 11.1 Å². The Hall–Kier alpha value is -0.0431. The molecule has 0 spiro atoms. The van der Waals surface area contributed by atoms with Crippen molar-refractivity contribution < 1.29 is 5.11 Å². The summed E-state index contributed by atoms with van der Waals surface area (Å²) < 4.78 is 0.792. The van der Waals surface area contributed by atoms with Crippen molar-refractivity contribution in [1.82, 2.24) is 0 Å². The number of rotatable bonds is 2. The molecular weight excluding hydrogens is 232 g/mol. The predicted molar refractivity (Wildman–Crippen MR) is 59.8 cm³/mol. The molecule has 0 aliphatic heterocycles. The maximum atomic E-state index is 9.34. The number of hydrogen-bond donors (Lipinski definition) is 1. The number of aliphatic hydroxyl groups is 1. The van der Waals surface area contributed by atoms with Gasteiger partial charge in [-0.05, 0) is 4.48 Å². The van der Waals surface area contributed by atoms with Crippen LogP contribution in [-0.2, 0) is 0 Å². The fraction of sp³-hybridized carbons (Fsp3) is 0.556. The van der Waals surface area contributed by atoms with Gasteiger partial charge < -0.3 is 5.11 Å². The minimum Gasteiger partial charge on any atom is -0.380 e. The normalized spacial score (nSPS) is 13.1. The largest absolute Gasteiger partial charge is 0.380 e. The summed E-state index contributed by atoms with van der Waals surface area (Å²) >= 11 is 3.18. The van der Waals surface area contributed by atoms with Crippen molar-refractivity contribution in [2.24, 2.45) is 0 Å². The van der Waals surface area contributed by atoms with Crippen LogP contribution in [0.4, 0.5) is 0 Å². The molecule has 0 fully saturated rings. The van der Waals surface area contributed by atoms with Crippen LogP contribution in [0.2, 0.25) is 19.6 Å². The van der Waals surface area contributed by atoms with E-state index in [1.165, 1.54) is 0 Å². The van der Waals surface area contributed by atoms with Gasteiger partial charge in [-0.3, -0.25) is 0 Å². The van der Waals surface area contributed by atoms with E-state index in [4.69, 9.17) is 0 Å².